The maximum atomic E-state index is 10.5. The van der Waals surface area contributed by atoms with Crippen LogP contribution in [0.2, 0.25) is 0 Å². The fourth-order valence-corrected chi connectivity index (χ4v) is 3.88. The number of ether oxygens (including phenoxy) is 2. The van der Waals surface area contributed by atoms with Crippen molar-refractivity contribution in [2.45, 2.75) is 25.2 Å². The maximum absolute atomic E-state index is 10.5. The average Bonchev–Trinajstić information content (AvgIpc) is 3.34. The molecule has 0 aliphatic carbocycles. The van der Waals surface area contributed by atoms with Gasteiger partial charge in [0, 0.05) is 51.2 Å². The summed E-state index contributed by atoms with van der Waals surface area (Å²) in [4.78, 5) is 4.70. The lowest BCUT2D eigenvalue weighted by Crippen LogP contribution is -2.48. The van der Waals surface area contributed by atoms with E-state index >= 15 is 0 Å². The van der Waals surface area contributed by atoms with Crippen LogP contribution in [0.5, 0.6) is 5.75 Å². The van der Waals surface area contributed by atoms with E-state index in [0.29, 0.717) is 6.61 Å². The lowest BCUT2D eigenvalue weighted by Gasteiger charge is -2.33. The monoisotopic (exact) mass is 372 g/mol. The number of rotatable bonds is 7. The van der Waals surface area contributed by atoms with Crippen LogP contribution in [0.15, 0.2) is 42.7 Å². The van der Waals surface area contributed by atoms with Gasteiger partial charge in [0.05, 0.1) is 25.9 Å². The van der Waals surface area contributed by atoms with Gasteiger partial charge >= 0.3 is 0 Å². The van der Waals surface area contributed by atoms with E-state index in [-0.39, 0.29) is 12.1 Å². The topological polar surface area (TPSA) is 63.0 Å². The number of β-amino-alcohol motifs (C(OH)–C–C–N with tert-alkyl or cyclic N) is 1. The Hall–Kier alpha value is -1.93. The molecule has 7 heteroatoms. The minimum absolute atomic E-state index is 0.221. The summed E-state index contributed by atoms with van der Waals surface area (Å²) in [5.74, 6) is 0.874. The van der Waals surface area contributed by atoms with Crippen LogP contribution in [-0.4, -0.2) is 82.8 Å². The van der Waals surface area contributed by atoms with Gasteiger partial charge in [-0.05, 0) is 23.8 Å². The number of benzene rings is 1. The van der Waals surface area contributed by atoms with Crippen LogP contribution in [-0.2, 0) is 17.8 Å². The number of aliphatic hydroxyl groups excluding tert-OH is 1. The molecule has 2 aromatic rings. The molecule has 146 valence electrons. The van der Waals surface area contributed by atoms with Gasteiger partial charge in [-0.25, -0.2) is 0 Å². The highest BCUT2D eigenvalue weighted by Gasteiger charge is 2.35. The van der Waals surface area contributed by atoms with E-state index in [4.69, 9.17) is 9.47 Å². The van der Waals surface area contributed by atoms with E-state index in [0.717, 1.165) is 58.2 Å². The number of aliphatic hydroxyl groups is 1. The molecule has 0 saturated carbocycles. The average molecular weight is 372 g/mol. The van der Waals surface area contributed by atoms with Gasteiger partial charge in [0.15, 0.2) is 0 Å². The molecular formula is C20H28N4O3. The Bertz CT molecular complexity index is 686. The molecule has 1 aromatic heterocycles. The summed E-state index contributed by atoms with van der Waals surface area (Å²) in [6, 6.07) is 10.4. The fraction of sp³-hybridized carbons (Fsp3) is 0.550. The van der Waals surface area contributed by atoms with Crippen molar-refractivity contribution in [2.24, 2.45) is 0 Å². The first-order valence-electron chi connectivity index (χ1n) is 9.69. The molecule has 1 aromatic carbocycles. The number of hydrogen-bond acceptors (Lipinski definition) is 6. The molecule has 0 unspecified atom stereocenters. The number of aromatic nitrogens is 2. The second-order valence-corrected chi connectivity index (χ2v) is 7.24. The summed E-state index contributed by atoms with van der Waals surface area (Å²) in [5, 5.41) is 14.6. The minimum Gasteiger partial charge on any atom is -0.492 e. The Morgan fingerprint density at radius 1 is 1.15 bits per heavy atom. The summed E-state index contributed by atoms with van der Waals surface area (Å²) in [7, 11) is 0. The largest absolute Gasteiger partial charge is 0.492 e. The summed E-state index contributed by atoms with van der Waals surface area (Å²) in [6.07, 6.45) is 3.42. The predicted octanol–water partition coefficient (Wildman–Crippen LogP) is 0.839. The molecule has 0 spiro atoms. The molecule has 2 atom stereocenters. The van der Waals surface area contributed by atoms with Crippen molar-refractivity contribution >= 4 is 0 Å². The fourth-order valence-electron chi connectivity index (χ4n) is 3.88. The molecule has 2 aliphatic rings. The van der Waals surface area contributed by atoms with Gasteiger partial charge in [-0.15, -0.1) is 0 Å². The lowest BCUT2D eigenvalue weighted by atomic mass is 10.1. The standard InChI is InChI=1S/C20H28N4O3/c25-20-16-22(15-19(20)23-8-11-26-12-9-23)14-17-2-4-18(5-3-17)27-13-10-24-7-1-6-21-24/h1-7,19-20,25H,8-16H2/t19-,20-/m0/s1. The second-order valence-electron chi connectivity index (χ2n) is 7.24. The zero-order valence-corrected chi connectivity index (χ0v) is 15.6. The van der Waals surface area contributed by atoms with Crippen LogP contribution in [0.4, 0.5) is 0 Å². The van der Waals surface area contributed by atoms with E-state index in [9.17, 15) is 5.11 Å². The third-order valence-corrected chi connectivity index (χ3v) is 5.33. The van der Waals surface area contributed by atoms with Crippen molar-refractivity contribution in [3.63, 3.8) is 0 Å². The van der Waals surface area contributed by atoms with Gasteiger partial charge in [0.1, 0.15) is 12.4 Å². The van der Waals surface area contributed by atoms with E-state index in [2.05, 4.69) is 27.0 Å². The van der Waals surface area contributed by atoms with Crippen LogP contribution in [0.3, 0.4) is 0 Å². The van der Waals surface area contributed by atoms with Crippen LogP contribution in [0, 0.1) is 0 Å². The molecule has 1 N–H and O–H groups in total. The molecule has 3 heterocycles. The SMILES string of the molecule is O[C@H]1CN(Cc2ccc(OCCn3cccn3)cc2)C[C@@H]1N1CCOCC1. The molecule has 0 amide bonds. The van der Waals surface area contributed by atoms with Crippen LogP contribution < -0.4 is 4.74 Å². The Morgan fingerprint density at radius 3 is 2.70 bits per heavy atom. The highest BCUT2D eigenvalue weighted by atomic mass is 16.5. The van der Waals surface area contributed by atoms with Gasteiger partial charge in [-0.3, -0.25) is 14.5 Å². The Labute approximate surface area is 160 Å². The maximum Gasteiger partial charge on any atom is 0.119 e. The van der Waals surface area contributed by atoms with Crippen LogP contribution in [0.25, 0.3) is 0 Å². The number of nitrogens with zero attached hydrogens (tertiary/aromatic N) is 4. The zero-order valence-electron chi connectivity index (χ0n) is 15.6. The minimum atomic E-state index is -0.284. The number of hydrogen-bond donors (Lipinski definition) is 1. The summed E-state index contributed by atoms with van der Waals surface area (Å²) >= 11 is 0. The van der Waals surface area contributed by atoms with Gasteiger partial charge < -0.3 is 14.6 Å². The van der Waals surface area contributed by atoms with Crippen molar-refractivity contribution in [1.82, 2.24) is 19.6 Å². The van der Waals surface area contributed by atoms with E-state index < -0.39 is 0 Å². The van der Waals surface area contributed by atoms with Crippen LogP contribution >= 0.6 is 0 Å². The Balaban J connectivity index is 1.24. The highest BCUT2D eigenvalue weighted by Crippen LogP contribution is 2.21. The van der Waals surface area contributed by atoms with Gasteiger partial charge in [0.25, 0.3) is 0 Å². The molecule has 2 fully saturated rings. The molecule has 0 radical (unpaired) electrons. The molecular weight excluding hydrogens is 344 g/mol. The molecule has 7 nitrogen and oxygen atoms in total. The quantitative estimate of drug-likeness (QED) is 0.777. The molecule has 2 aliphatic heterocycles. The summed E-state index contributed by atoms with van der Waals surface area (Å²) < 4.78 is 13.1. The highest BCUT2D eigenvalue weighted by molar-refractivity contribution is 5.27. The molecule has 27 heavy (non-hydrogen) atoms. The molecule has 2 saturated heterocycles. The van der Waals surface area contributed by atoms with Gasteiger partial charge in [-0.2, -0.15) is 5.10 Å². The lowest BCUT2D eigenvalue weighted by molar-refractivity contribution is -0.00618. The van der Waals surface area contributed by atoms with Crippen molar-refractivity contribution < 1.29 is 14.6 Å². The predicted molar refractivity (Wildman–Crippen MR) is 102 cm³/mol. The van der Waals surface area contributed by atoms with E-state index in [1.54, 1.807) is 6.20 Å². The first-order valence-corrected chi connectivity index (χ1v) is 9.69. The van der Waals surface area contributed by atoms with E-state index in [1.807, 2.05) is 29.1 Å². The number of likely N-dealkylation sites (tertiary alicyclic amines) is 1. The third-order valence-electron chi connectivity index (χ3n) is 5.33. The first kappa shape index (κ1) is 18.4. The first-order chi connectivity index (χ1) is 13.3. The normalized spacial score (nSPS) is 24.3. The van der Waals surface area contributed by atoms with Crippen molar-refractivity contribution in [2.75, 3.05) is 46.0 Å². The number of morpholine rings is 1. The Kier molecular flexibility index (Phi) is 6.03. The van der Waals surface area contributed by atoms with Crippen molar-refractivity contribution in [3.05, 3.63) is 48.3 Å². The summed E-state index contributed by atoms with van der Waals surface area (Å²) in [5.41, 5.74) is 1.24. The van der Waals surface area contributed by atoms with Gasteiger partial charge in [-0.1, -0.05) is 12.1 Å². The molecule has 4 rings (SSSR count). The smallest absolute Gasteiger partial charge is 0.119 e. The third kappa shape index (κ3) is 4.87. The van der Waals surface area contributed by atoms with Crippen molar-refractivity contribution in [1.29, 1.82) is 0 Å². The second kappa shape index (κ2) is 8.84. The Morgan fingerprint density at radius 2 is 1.96 bits per heavy atom. The van der Waals surface area contributed by atoms with Gasteiger partial charge in [0.2, 0.25) is 0 Å². The van der Waals surface area contributed by atoms with E-state index in [1.165, 1.54) is 5.56 Å². The van der Waals surface area contributed by atoms with Crippen molar-refractivity contribution in [3.8, 4) is 5.75 Å². The summed E-state index contributed by atoms with van der Waals surface area (Å²) in [6.45, 7) is 7.19. The molecule has 0 bridgehead atoms. The zero-order chi connectivity index (χ0) is 18.5. The van der Waals surface area contributed by atoms with Crippen LogP contribution in [0.1, 0.15) is 5.56 Å².